The first-order valence-corrected chi connectivity index (χ1v) is 5.96. The number of hydrogen-bond donors (Lipinski definition) is 2. The quantitative estimate of drug-likeness (QED) is 0.530. The first-order valence-electron chi connectivity index (χ1n) is 5.96. The SMILES string of the molecule is COCOC[C@H](NC(=O)OCc1ccccc1)C(N)=O. The Morgan fingerprint density at radius 1 is 1.30 bits per heavy atom. The van der Waals surface area contributed by atoms with Gasteiger partial charge in [0.05, 0.1) is 6.61 Å². The highest BCUT2D eigenvalue weighted by atomic mass is 16.7. The summed E-state index contributed by atoms with van der Waals surface area (Å²) < 4.78 is 14.6. The molecule has 0 radical (unpaired) electrons. The van der Waals surface area contributed by atoms with Crippen molar-refractivity contribution in [1.29, 1.82) is 0 Å². The molecule has 0 aliphatic heterocycles. The highest BCUT2D eigenvalue weighted by molar-refractivity contribution is 5.84. The van der Waals surface area contributed by atoms with E-state index in [0.29, 0.717) is 0 Å². The van der Waals surface area contributed by atoms with E-state index in [2.05, 4.69) is 10.1 Å². The lowest BCUT2D eigenvalue weighted by Crippen LogP contribution is -2.47. The zero-order valence-electron chi connectivity index (χ0n) is 11.2. The summed E-state index contributed by atoms with van der Waals surface area (Å²) in [6.45, 7) is 0.0330. The summed E-state index contributed by atoms with van der Waals surface area (Å²) in [5, 5.41) is 2.33. The summed E-state index contributed by atoms with van der Waals surface area (Å²) in [4.78, 5) is 22.7. The third-order valence-electron chi connectivity index (χ3n) is 2.33. The number of hydrogen-bond acceptors (Lipinski definition) is 5. The molecule has 7 nitrogen and oxygen atoms in total. The predicted octanol–water partition coefficient (Wildman–Crippen LogP) is 0.387. The Labute approximate surface area is 117 Å². The van der Waals surface area contributed by atoms with Gasteiger partial charge in [-0.15, -0.1) is 0 Å². The average molecular weight is 282 g/mol. The van der Waals surface area contributed by atoms with E-state index in [4.69, 9.17) is 15.2 Å². The molecule has 110 valence electrons. The van der Waals surface area contributed by atoms with Crippen molar-refractivity contribution < 1.29 is 23.8 Å². The minimum Gasteiger partial charge on any atom is -0.445 e. The maximum Gasteiger partial charge on any atom is 0.408 e. The topological polar surface area (TPSA) is 99.9 Å². The third-order valence-corrected chi connectivity index (χ3v) is 2.33. The predicted molar refractivity (Wildman–Crippen MR) is 70.6 cm³/mol. The van der Waals surface area contributed by atoms with Crippen LogP contribution in [0.15, 0.2) is 30.3 Å². The summed E-state index contributed by atoms with van der Waals surface area (Å²) in [5.74, 6) is -0.710. The van der Waals surface area contributed by atoms with Crippen molar-refractivity contribution in [1.82, 2.24) is 5.32 Å². The fraction of sp³-hybridized carbons (Fsp3) is 0.385. The maximum atomic E-state index is 11.5. The zero-order chi connectivity index (χ0) is 14.8. The van der Waals surface area contributed by atoms with Gasteiger partial charge < -0.3 is 25.3 Å². The molecule has 1 rings (SSSR count). The highest BCUT2D eigenvalue weighted by Crippen LogP contribution is 2.00. The highest BCUT2D eigenvalue weighted by Gasteiger charge is 2.19. The number of carbonyl (C=O) groups excluding carboxylic acids is 2. The zero-order valence-corrected chi connectivity index (χ0v) is 11.2. The molecule has 0 fully saturated rings. The van der Waals surface area contributed by atoms with Crippen LogP contribution in [0, 0.1) is 0 Å². The fourth-order valence-corrected chi connectivity index (χ4v) is 1.35. The normalized spacial score (nSPS) is 11.7. The van der Waals surface area contributed by atoms with Crippen LogP contribution in [0.4, 0.5) is 4.79 Å². The molecule has 0 aliphatic carbocycles. The number of alkyl carbamates (subject to hydrolysis) is 1. The van der Waals surface area contributed by atoms with Gasteiger partial charge in [-0.05, 0) is 5.56 Å². The van der Waals surface area contributed by atoms with Gasteiger partial charge >= 0.3 is 6.09 Å². The fourth-order valence-electron chi connectivity index (χ4n) is 1.35. The van der Waals surface area contributed by atoms with Crippen LogP contribution in [0.25, 0.3) is 0 Å². The van der Waals surface area contributed by atoms with Crippen molar-refractivity contribution in [2.75, 3.05) is 20.5 Å². The minimum absolute atomic E-state index is 0.00449. The molecule has 0 spiro atoms. The summed E-state index contributed by atoms with van der Waals surface area (Å²) in [7, 11) is 1.45. The lowest BCUT2D eigenvalue weighted by molar-refractivity contribution is -0.123. The standard InChI is InChI=1S/C13H18N2O5/c1-18-9-19-8-11(12(14)16)15-13(17)20-7-10-5-3-2-4-6-10/h2-6,11H,7-9H2,1H3,(H2,14,16)(H,15,17)/t11-/m0/s1. The molecule has 0 saturated heterocycles. The summed E-state index contributed by atoms with van der Waals surface area (Å²) >= 11 is 0. The number of nitrogens with two attached hydrogens (primary N) is 1. The van der Waals surface area contributed by atoms with Gasteiger partial charge in [0.25, 0.3) is 0 Å². The van der Waals surface area contributed by atoms with E-state index in [0.717, 1.165) is 5.56 Å². The van der Waals surface area contributed by atoms with E-state index in [1.54, 1.807) is 0 Å². The molecule has 1 atom stereocenters. The average Bonchev–Trinajstić information content (AvgIpc) is 2.45. The summed E-state index contributed by atoms with van der Waals surface area (Å²) in [6, 6.07) is 8.21. The molecule has 1 aromatic carbocycles. The minimum atomic E-state index is -0.964. The van der Waals surface area contributed by atoms with Gasteiger partial charge in [0.15, 0.2) is 0 Å². The lowest BCUT2D eigenvalue weighted by atomic mass is 10.2. The largest absolute Gasteiger partial charge is 0.445 e. The second-order valence-corrected chi connectivity index (χ2v) is 3.94. The molecule has 0 aliphatic rings. The maximum absolute atomic E-state index is 11.5. The molecule has 0 aromatic heterocycles. The van der Waals surface area contributed by atoms with Crippen LogP contribution in [0.5, 0.6) is 0 Å². The first-order chi connectivity index (χ1) is 9.63. The Morgan fingerprint density at radius 3 is 2.60 bits per heavy atom. The lowest BCUT2D eigenvalue weighted by Gasteiger charge is -2.15. The van der Waals surface area contributed by atoms with Crippen LogP contribution < -0.4 is 11.1 Å². The number of nitrogens with one attached hydrogen (secondary N) is 1. The van der Waals surface area contributed by atoms with Crippen LogP contribution in [0.1, 0.15) is 5.56 Å². The molecule has 7 heteroatoms. The van der Waals surface area contributed by atoms with Crippen molar-refractivity contribution in [2.24, 2.45) is 5.73 Å². The molecule has 0 bridgehead atoms. The molecule has 3 N–H and O–H groups in total. The Morgan fingerprint density at radius 2 is 2.00 bits per heavy atom. The van der Waals surface area contributed by atoms with E-state index >= 15 is 0 Å². The van der Waals surface area contributed by atoms with Crippen molar-refractivity contribution >= 4 is 12.0 Å². The second kappa shape index (κ2) is 8.89. The first kappa shape index (κ1) is 15.9. The van der Waals surface area contributed by atoms with Gasteiger partial charge in [0.2, 0.25) is 5.91 Å². The van der Waals surface area contributed by atoms with Crippen molar-refractivity contribution in [3.63, 3.8) is 0 Å². The Balaban J connectivity index is 2.36. The smallest absolute Gasteiger partial charge is 0.408 e. The molecule has 20 heavy (non-hydrogen) atoms. The molecule has 0 saturated carbocycles. The van der Waals surface area contributed by atoms with E-state index in [-0.39, 0.29) is 20.0 Å². The van der Waals surface area contributed by atoms with E-state index in [9.17, 15) is 9.59 Å². The van der Waals surface area contributed by atoms with Crippen LogP contribution in [0.2, 0.25) is 0 Å². The molecule has 0 heterocycles. The van der Waals surface area contributed by atoms with Crippen molar-refractivity contribution in [3.05, 3.63) is 35.9 Å². The number of carbonyl (C=O) groups is 2. The van der Waals surface area contributed by atoms with Crippen LogP contribution >= 0.6 is 0 Å². The Kier molecular flexibility index (Phi) is 7.08. The van der Waals surface area contributed by atoms with Gasteiger partial charge in [-0.25, -0.2) is 4.79 Å². The van der Waals surface area contributed by atoms with Gasteiger partial charge in [-0.2, -0.15) is 0 Å². The summed E-state index contributed by atoms with van der Waals surface area (Å²) in [5.41, 5.74) is 5.99. The van der Waals surface area contributed by atoms with E-state index in [1.807, 2.05) is 30.3 Å². The molecule has 0 unspecified atom stereocenters. The number of benzene rings is 1. The molecular weight excluding hydrogens is 264 g/mol. The molecule has 2 amide bonds. The Bertz CT molecular complexity index is 424. The number of ether oxygens (including phenoxy) is 3. The molecular formula is C13H18N2O5. The van der Waals surface area contributed by atoms with Gasteiger partial charge in [-0.3, -0.25) is 4.79 Å². The summed E-state index contributed by atoms with van der Waals surface area (Å²) in [6.07, 6.45) is -0.737. The number of primary amides is 1. The van der Waals surface area contributed by atoms with Crippen molar-refractivity contribution in [3.8, 4) is 0 Å². The van der Waals surface area contributed by atoms with Crippen LogP contribution in [-0.4, -0.2) is 38.6 Å². The van der Waals surface area contributed by atoms with Crippen LogP contribution in [-0.2, 0) is 25.6 Å². The van der Waals surface area contributed by atoms with Gasteiger partial charge in [0.1, 0.15) is 19.4 Å². The second-order valence-electron chi connectivity index (χ2n) is 3.94. The number of methoxy groups -OCH3 is 1. The molecule has 1 aromatic rings. The van der Waals surface area contributed by atoms with Gasteiger partial charge in [0, 0.05) is 7.11 Å². The van der Waals surface area contributed by atoms with E-state index in [1.165, 1.54) is 7.11 Å². The Hall–Kier alpha value is -2.12. The van der Waals surface area contributed by atoms with Crippen molar-refractivity contribution in [2.45, 2.75) is 12.6 Å². The number of amides is 2. The number of rotatable bonds is 8. The van der Waals surface area contributed by atoms with Gasteiger partial charge in [-0.1, -0.05) is 30.3 Å². The van der Waals surface area contributed by atoms with Crippen LogP contribution in [0.3, 0.4) is 0 Å². The third kappa shape index (κ3) is 6.17. The van der Waals surface area contributed by atoms with E-state index < -0.39 is 18.0 Å². The monoisotopic (exact) mass is 282 g/mol.